The fourth-order valence-electron chi connectivity index (χ4n) is 7.10. The highest BCUT2D eigenvalue weighted by atomic mass is 16.2. The Morgan fingerprint density at radius 3 is 2.24 bits per heavy atom. The Morgan fingerprint density at radius 1 is 1.05 bits per heavy atom. The summed E-state index contributed by atoms with van der Waals surface area (Å²) >= 11 is 0. The van der Waals surface area contributed by atoms with Crippen LogP contribution in [0.1, 0.15) is 59.3 Å². The second kappa shape index (κ2) is 4.24. The third-order valence-electron chi connectivity index (χ3n) is 6.87. The van der Waals surface area contributed by atoms with Gasteiger partial charge in [0.15, 0.2) is 0 Å². The van der Waals surface area contributed by atoms with Crippen molar-refractivity contribution in [2.24, 2.45) is 28.6 Å². The number of hydrogen-bond acceptors (Lipinski definition) is 2. The molecule has 1 aliphatic heterocycles. The standard InChI is InChI=1S/C18H30N2O/c1-12-7-19-8-14(12)15(21)20-18-6-13-4-16(2,10-18)9-17(3,5-13)11-18/h12-14,19H,4-11H2,1-3H3,(H,20,21). The highest BCUT2D eigenvalue weighted by molar-refractivity contribution is 5.80. The Labute approximate surface area is 128 Å². The average molecular weight is 290 g/mol. The van der Waals surface area contributed by atoms with Gasteiger partial charge in [0.2, 0.25) is 5.91 Å². The van der Waals surface area contributed by atoms with Gasteiger partial charge < -0.3 is 10.6 Å². The van der Waals surface area contributed by atoms with Crippen LogP contribution < -0.4 is 10.6 Å². The predicted molar refractivity (Wildman–Crippen MR) is 83.8 cm³/mol. The maximum Gasteiger partial charge on any atom is 0.225 e. The van der Waals surface area contributed by atoms with Gasteiger partial charge in [0.25, 0.3) is 0 Å². The van der Waals surface area contributed by atoms with E-state index >= 15 is 0 Å². The minimum Gasteiger partial charge on any atom is -0.350 e. The smallest absolute Gasteiger partial charge is 0.225 e. The highest BCUT2D eigenvalue weighted by Gasteiger charge is 2.60. The van der Waals surface area contributed by atoms with Crippen LogP contribution >= 0.6 is 0 Å². The van der Waals surface area contributed by atoms with E-state index in [0.29, 0.717) is 22.7 Å². The fraction of sp³-hybridized carbons (Fsp3) is 0.944. The molecule has 3 heteroatoms. The van der Waals surface area contributed by atoms with Crippen LogP contribution in [0, 0.1) is 28.6 Å². The Balaban J connectivity index is 1.56. The molecule has 1 heterocycles. The summed E-state index contributed by atoms with van der Waals surface area (Å²) in [5.74, 6) is 1.82. The van der Waals surface area contributed by atoms with E-state index in [1.54, 1.807) is 0 Å². The molecule has 3 nitrogen and oxygen atoms in total. The number of carbonyl (C=O) groups is 1. The zero-order chi connectivity index (χ0) is 14.9. The first kappa shape index (κ1) is 14.0. The summed E-state index contributed by atoms with van der Waals surface area (Å²) in [6, 6.07) is 0. The Kier molecular flexibility index (Phi) is 2.84. The van der Waals surface area contributed by atoms with Gasteiger partial charge in [0, 0.05) is 12.1 Å². The molecule has 4 aliphatic carbocycles. The van der Waals surface area contributed by atoms with Gasteiger partial charge in [-0.15, -0.1) is 0 Å². The van der Waals surface area contributed by atoms with Crippen molar-refractivity contribution in [1.82, 2.24) is 10.6 Å². The van der Waals surface area contributed by atoms with Gasteiger partial charge in [-0.3, -0.25) is 4.79 Å². The van der Waals surface area contributed by atoms with Crippen molar-refractivity contribution in [2.45, 2.75) is 64.8 Å². The molecule has 4 bridgehead atoms. The number of nitrogens with one attached hydrogen (secondary N) is 2. The number of carbonyl (C=O) groups excluding carboxylic acids is 1. The van der Waals surface area contributed by atoms with Crippen LogP contribution in [-0.2, 0) is 4.79 Å². The summed E-state index contributed by atoms with van der Waals surface area (Å²) in [5, 5.41) is 6.93. The molecule has 21 heavy (non-hydrogen) atoms. The molecule has 0 spiro atoms. The minimum atomic E-state index is 0.113. The zero-order valence-electron chi connectivity index (χ0n) is 13.8. The van der Waals surface area contributed by atoms with Gasteiger partial charge in [-0.25, -0.2) is 0 Å². The monoisotopic (exact) mass is 290 g/mol. The van der Waals surface area contributed by atoms with Crippen LogP contribution in [0.4, 0.5) is 0 Å². The van der Waals surface area contributed by atoms with Crippen LogP contribution in [0.15, 0.2) is 0 Å². The van der Waals surface area contributed by atoms with Crippen LogP contribution in [0.2, 0.25) is 0 Å². The third kappa shape index (κ3) is 2.23. The van der Waals surface area contributed by atoms with Gasteiger partial charge >= 0.3 is 0 Å². The maximum atomic E-state index is 12.8. The lowest BCUT2D eigenvalue weighted by Gasteiger charge is -2.65. The molecular weight excluding hydrogens is 260 g/mol. The molecule has 0 aromatic rings. The molecule has 4 unspecified atom stereocenters. The van der Waals surface area contributed by atoms with Crippen molar-refractivity contribution in [2.75, 3.05) is 13.1 Å². The Morgan fingerprint density at radius 2 is 1.71 bits per heavy atom. The van der Waals surface area contributed by atoms with Gasteiger partial charge in [-0.05, 0) is 67.7 Å². The van der Waals surface area contributed by atoms with Crippen molar-refractivity contribution < 1.29 is 4.79 Å². The summed E-state index contributed by atoms with van der Waals surface area (Å²) in [6.07, 6.45) is 7.82. The molecule has 5 fully saturated rings. The molecule has 0 aromatic carbocycles. The molecule has 5 rings (SSSR count). The fourth-order valence-corrected chi connectivity index (χ4v) is 7.10. The van der Waals surface area contributed by atoms with Crippen LogP contribution in [0.5, 0.6) is 0 Å². The first-order valence-corrected chi connectivity index (χ1v) is 8.83. The van der Waals surface area contributed by atoms with Crippen molar-refractivity contribution in [3.63, 3.8) is 0 Å². The van der Waals surface area contributed by atoms with Crippen molar-refractivity contribution >= 4 is 5.91 Å². The van der Waals surface area contributed by atoms with E-state index < -0.39 is 0 Å². The number of amides is 1. The molecule has 4 atom stereocenters. The topological polar surface area (TPSA) is 41.1 Å². The zero-order valence-corrected chi connectivity index (χ0v) is 13.8. The summed E-state index contributed by atoms with van der Waals surface area (Å²) in [6.45, 7) is 8.99. The van der Waals surface area contributed by atoms with Gasteiger partial charge in [-0.1, -0.05) is 20.8 Å². The van der Waals surface area contributed by atoms with E-state index in [4.69, 9.17) is 0 Å². The Hall–Kier alpha value is -0.570. The highest BCUT2D eigenvalue weighted by Crippen LogP contribution is 2.66. The largest absolute Gasteiger partial charge is 0.350 e. The summed E-state index contributed by atoms with van der Waals surface area (Å²) in [7, 11) is 0. The molecule has 2 N–H and O–H groups in total. The predicted octanol–water partition coefficient (Wildman–Crippen LogP) is 2.71. The SMILES string of the molecule is CC1CNCC1C(=O)NC12CC3CC(C)(CC(C)(C3)C1)C2. The van der Waals surface area contributed by atoms with Crippen LogP contribution in [0.25, 0.3) is 0 Å². The molecule has 1 saturated heterocycles. The average Bonchev–Trinajstić information content (AvgIpc) is 2.69. The maximum absolute atomic E-state index is 12.8. The molecule has 1 amide bonds. The molecule has 118 valence electrons. The first-order chi connectivity index (χ1) is 9.81. The number of hydrogen-bond donors (Lipinski definition) is 2. The van der Waals surface area contributed by atoms with Crippen molar-refractivity contribution in [1.29, 1.82) is 0 Å². The molecule has 5 aliphatic rings. The van der Waals surface area contributed by atoms with E-state index in [1.165, 1.54) is 38.5 Å². The molecule has 4 saturated carbocycles. The minimum absolute atomic E-state index is 0.113. The summed E-state index contributed by atoms with van der Waals surface area (Å²) in [4.78, 5) is 12.8. The van der Waals surface area contributed by atoms with Crippen LogP contribution in [-0.4, -0.2) is 24.5 Å². The van der Waals surface area contributed by atoms with Gasteiger partial charge in [-0.2, -0.15) is 0 Å². The lowest BCUT2D eigenvalue weighted by molar-refractivity contribution is -0.143. The van der Waals surface area contributed by atoms with E-state index in [2.05, 4.69) is 31.4 Å². The first-order valence-electron chi connectivity index (χ1n) is 8.83. The van der Waals surface area contributed by atoms with E-state index in [-0.39, 0.29) is 11.5 Å². The molecule has 0 aromatic heterocycles. The second-order valence-corrected chi connectivity index (χ2v) is 9.64. The normalized spacial score (nSPS) is 54.9. The third-order valence-corrected chi connectivity index (χ3v) is 6.87. The van der Waals surface area contributed by atoms with E-state index in [1.807, 2.05) is 0 Å². The quantitative estimate of drug-likeness (QED) is 0.821. The van der Waals surface area contributed by atoms with Crippen molar-refractivity contribution in [3.8, 4) is 0 Å². The van der Waals surface area contributed by atoms with Crippen molar-refractivity contribution in [3.05, 3.63) is 0 Å². The lowest BCUT2D eigenvalue weighted by atomic mass is 9.42. The molecule has 0 radical (unpaired) electrons. The van der Waals surface area contributed by atoms with Crippen LogP contribution in [0.3, 0.4) is 0 Å². The Bertz CT molecular complexity index is 456. The van der Waals surface area contributed by atoms with Gasteiger partial charge in [0.05, 0.1) is 5.92 Å². The van der Waals surface area contributed by atoms with E-state index in [0.717, 1.165) is 19.0 Å². The summed E-state index contributed by atoms with van der Waals surface area (Å²) in [5.41, 5.74) is 1.06. The number of rotatable bonds is 2. The second-order valence-electron chi connectivity index (χ2n) is 9.64. The summed E-state index contributed by atoms with van der Waals surface area (Å²) < 4.78 is 0. The van der Waals surface area contributed by atoms with Gasteiger partial charge in [0.1, 0.15) is 0 Å². The molecular formula is C18H30N2O. The lowest BCUT2D eigenvalue weighted by Crippen LogP contribution is -2.65. The van der Waals surface area contributed by atoms with E-state index in [9.17, 15) is 4.79 Å².